The fraction of sp³-hybridized carbons (Fsp3) is 0.667. The van der Waals surface area contributed by atoms with Crippen molar-refractivity contribution in [2.24, 2.45) is 11.3 Å². The summed E-state index contributed by atoms with van der Waals surface area (Å²) in [6.45, 7) is 3.98. The van der Waals surface area contributed by atoms with Gasteiger partial charge in [0.05, 0.1) is 0 Å². The van der Waals surface area contributed by atoms with E-state index < -0.39 is 0 Å². The Kier molecular flexibility index (Phi) is 2.84. The molecule has 1 aliphatic carbocycles. The number of hydrogen-bond acceptors (Lipinski definition) is 1. The second-order valence-corrected chi connectivity index (χ2v) is 4.47. The number of carbonyl (C=O) groups is 1. The van der Waals surface area contributed by atoms with Crippen LogP contribution in [0.5, 0.6) is 0 Å². The van der Waals surface area contributed by atoms with Gasteiger partial charge >= 0.3 is 0 Å². The standard InChI is InChI=1S/C9H12Cl2O/c1-3-9(2)6(4-7(9)12)5-8(10)11/h5-6H,3-4H2,1-2H3. The van der Waals surface area contributed by atoms with Crippen molar-refractivity contribution in [3.8, 4) is 0 Å². The normalized spacial score (nSPS) is 34.3. The molecule has 12 heavy (non-hydrogen) atoms. The van der Waals surface area contributed by atoms with E-state index in [4.69, 9.17) is 23.2 Å². The van der Waals surface area contributed by atoms with E-state index in [-0.39, 0.29) is 15.8 Å². The molecule has 0 aliphatic heterocycles. The first kappa shape index (κ1) is 10.1. The van der Waals surface area contributed by atoms with Crippen molar-refractivity contribution in [1.29, 1.82) is 0 Å². The first-order valence-electron chi connectivity index (χ1n) is 4.07. The van der Waals surface area contributed by atoms with Gasteiger partial charge in [-0.15, -0.1) is 0 Å². The summed E-state index contributed by atoms with van der Waals surface area (Å²) < 4.78 is 0.271. The maximum absolute atomic E-state index is 11.3. The molecule has 68 valence electrons. The molecule has 1 aliphatic rings. The molecular weight excluding hydrogens is 195 g/mol. The minimum atomic E-state index is -0.213. The molecule has 0 aromatic rings. The van der Waals surface area contributed by atoms with Gasteiger partial charge in [0.2, 0.25) is 0 Å². The van der Waals surface area contributed by atoms with Crippen molar-refractivity contribution in [3.05, 3.63) is 10.6 Å². The number of allylic oxidation sites excluding steroid dienone is 1. The Morgan fingerprint density at radius 1 is 1.75 bits per heavy atom. The average Bonchev–Trinajstić information content (AvgIpc) is 2.02. The molecule has 0 bridgehead atoms. The summed E-state index contributed by atoms with van der Waals surface area (Å²) in [5.74, 6) is 0.556. The Hall–Kier alpha value is -0.0100. The monoisotopic (exact) mass is 206 g/mol. The SMILES string of the molecule is CCC1(C)C(=O)CC1C=C(Cl)Cl. The second-order valence-electron chi connectivity index (χ2n) is 3.46. The molecule has 2 unspecified atom stereocenters. The summed E-state index contributed by atoms with van der Waals surface area (Å²) in [7, 11) is 0. The minimum Gasteiger partial charge on any atom is -0.299 e. The Morgan fingerprint density at radius 3 is 2.67 bits per heavy atom. The second kappa shape index (κ2) is 3.39. The largest absolute Gasteiger partial charge is 0.299 e. The summed E-state index contributed by atoms with van der Waals surface area (Å²) in [4.78, 5) is 11.3. The van der Waals surface area contributed by atoms with E-state index in [0.29, 0.717) is 12.2 Å². The van der Waals surface area contributed by atoms with Crippen LogP contribution in [0.1, 0.15) is 26.7 Å². The predicted octanol–water partition coefficient (Wildman–Crippen LogP) is 3.31. The molecule has 0 aromatic heterocycles. The van der Waals surface area contributed by atoms with Crippen molar-refractivity contribution in [2.75, 3.05) is 0 Å². The van der Waals surface area contributed by atoms with Gasteiger partial charge in [-0.05, 0) is 18.4 Å². The van der Waals surface area contributed by atoms with E-state index in [1.807, 2.05) is 13.8 Å². The Balaban J connectivity index is 2.73. The van der Waals surface area contributed by atoms with Crippen molar-refractivity contribution < 1.29 is 4.79 Å². The summed E-state index contributed by atoms with van der Waals surface area (Å²) in [6.07, 6.45) is 3.22. The zero-order chi connectivity index (χ0) is 9.35. The predicted molar refractivity (Wildman–Crippen MR) is 51.3 cm³/mol. The molecule has 2 atom stereocenters. The van der Waals surface area contributed by atoms with Crippen molar-refractivity contribution >= 4 is 29.0 Å². The molecule has 1 rings (SSSR count). The molecule has 0 N–H and O–H groups in total. The van der Waals surface area contributed by atoms with Crippen LogP contribution in [0.25, 0.3) is 0 Å². The third-order valence-corrected chi connectivity index (χ3v) is 3.17. The lowest BCUT2D eigenvalue weighted by atomic mass is 9.59. The van der Waals surface area contributed by atoms with E-state index >= 15 is 0 Å². The van der Waals surface area contributed by atoms with Crippen LogP contribution in [-0.2, 0) is 4.79 Å². The number of ketones is 1. The zero-order valence-corrected chi connectivity index (χ0v) is 8.74. The van der Waals surface area contributed by atoms with E-state index in [0.717, 1.165) is 6.42 Å². The first-order chi connectivity index (χ1) is 5.50. The molecule has 0 radical (unpaired) electrons. The average molecular weight is 207 g/mol. The van der Waals surface area contributed by atoms with Crippen molar-refractivity contribution in [1.82, 2.24) is 0 Å². The molecule has 1 saturated carbocycles. The highest BCUT2D eigenvalue weighted by molar-refractivity contribution is 6.55. The Morgan fingerprint density at radius 2 is 2.33 bits per heavy atom. The molecule has 0 heterocycles. The molecule has 3 heteroatoms. The lowest BCUT2D eigenvalue weighted by Gasteiger charge is -2.43. The van der Waals surface area contributed by atoms with Crippen molar-refractivity contribution in [2.45, 2.75) is 26.7 Å². The highest BCUT2D eigenvalue weighted by Crippen LogP contribution is 2.47. The van der Waals surface area contributed by atoms with E-state index in [1.54, 1.807) is 6.08 Å². The molecule has 0 saturated heterocycles. The number of halogens is 2. The Labute approximate surface area is 82.7 Å². The maximum Gasteiger partial charge on any atom is 0.139 e. The van der Waals surface area contributed by atoms with Gasteiger partial charge in [-0.3, -0.25) is 4.79 Å². The fourth-order valence-corrected chi connectivity index (χ4v) is 1.89. The zero-order valence-electron chi connectivity index (χ0n) is 7.23. The van der Waals surface area contributed by atoms with Gasteiger partial charge in [0.1, 0.15) is 10.3 Å². The summed E-state index contributed by atoms with van der Waals surface area (Å²) in [5.41, 5.74) is -0.213. The molecule has 0 aromatic carbocycles. The number of Topliss-reactive ketones (excluding diaryl/α,β-unsaturated/α-hetero) is 1. The van der Waals surface area contributed by atoms with Gasteiger partial charge in [-0.2, -0.15) is 0 Å². The van der Waals surface area contributed by atoms with Crippen LogP contribution in [0, 0.1) is 11.3 Å². The molecular formula is C9H12Cl2O. The third-order valence-electron chi connectivity index (χ3n) is 2.92. The molecule has 1 fully saturated rings. The van der Waals surface area contributed by atoms with E-state index in [1.165, 1.54) is 0 Å². The highest BCUT2D eigenvalue weighted by atomic mass is 35.5. The lowest BCUT2D eigenvalue weighted by molar-refractivity contribution is -0.141. The van der Waals surface area contributed by atoms with Gasteiger partial charge in [0, 0.05) is 11.8 Å². The van der Waals surface area contributed by atoms with Crippen LogP contribution in [0.15, 0.2) is 10.6 Å². The topological polar surface area (TPSA) is 17.1 Å². The molecule has 0 amide bonds. The number of rotatable bonds is 2. The summed E-state index contributed by atoms with van der Waals surface area (Å²) in [5, 5.41) is 0. The smallest absolute Gasteiger partial charge is 0.139 e. The lowest BCUT2D eigenvalue weighted by Crippen LogP contribution is -2.46. The molecule has 0 spiro atoms. The minimum absolute atomic E-state index is 0.213. The van der Waals surface area contributed by atoms with Crippen LogP contribution in [-0.4, -0.2) is 5.78 Å². The van der Waals surface area contributed by atoms with Crippen LogP contribution in [0.2, 0.25) is 0 Å². The van der Waals surface area contributed by atoms with Gasteiger partial charge < -0.3 is 0 Å². The van der Waals surface area contributed by atoms with Crippen LogP contribution in [0.4, 0.5) is 0 Å². The van der Waals surface area contributed by atoms with Crippen LogP contribution in [0.3, 0.4) is 0 Å². The highest BCUT2D eigenvalue weighted by Gasteiger charge is 2.48. The van der Waals surface area contributed by atoms with Crippen LogP contribution < -0.4 is 0 Å². The van der Waals surface area contributed by atoms with Crippen LogP contribution >= 0.6 is 23.2 Å². The van der Waals surface area contributed by atoms with Crippen molar-refractivity contribution in [3.63, 3.8) is 0 Å². The Bertz CT molecular complexity index is 231. The van der Waals surface area contributed by atoms with Gasteiger partial charge in [0.15, 0.2) is 0 Å². The maximum atomic E-state index is 11.3. The van der Waals surface area contributed by atoms with Gasteiger partial charge in [-0.25, -0.2) is 0 Å². The summed E-state index contributed by atoms with van der Waals surface area (Å²) in [6, 6.07) is 0. The fourth-order valence-electron chi connectivity index (χ4n) is 1.59. The third kappa shape index (κ3) is 1.53. The van der Waals surface area contributed by atoms with Gasteiger partial charge in [0.25, 0.3) is 0 Å². The number of hydrogen-bond donors (Lipinski definition) is 0. The summed E-state index contributed by atoms with van der Waals surface area (Å²) >= 11 is 11.1. The van der Waals surface area contributed by atoms with Gasteiger partial charge in [-0.1, -0.05) is 37.0 Å². The number of carbonyl (C=O) groups excluding carboxylic acids is 1. The quantitative estimate of drug-likeness (QED) is 0.678. The van der Waals surface area contributed by atoms with E-state index in [2.05, 4.69) is 0 Å². The van der Waals surface area contributed by atoms with E-state index in [9.17, 15) is 4.79 Å². The molecule has 1 nitrogen and oxygen atoms in total. The first-order valence-corrected chi connectivity index (χ1v) is 4.82.